The van der Waals surface area contributed by atoms with E-state index in [1.54, 1.807) is 35.6 Å². The van der Waals surface area contributed by atoms with Gasteiger partial charge >= 0.3 is 0 Å². The average Bonchev–Trinajstić information content (AvgIpc) is 3.34. The summed E-state index contributed by atoms with van der Waals surface area (Å²) in [5, 5.41) is 8.18. The highest BCUT2D eigenvalue weighted by Gasteiger charge is 2.21. The molecule has 1 aliphatic rings. The molecule has 0 spiro atoms. The van der Waals surface area contributed by atoms with E-state index in [0.29, 0.717) is 42.0 Å². The van der Waals surface area contributed by atoms with Crippen LogP contribution >= 0.6 is 0 Å². The van der Waals surface area contributed by atoms with Crippen LogP contribution in [0.4, 0.5) is 0 Å². The maximum atomic E-state index is 13.1. The third-order valence-corrected chi connectivity index (χ3v) is 5.50. The van der Waals surface area contributed by atoms with E-state index in [1.807, 2.05) is 24.3 Å². The number of nitrogens with zero attached hydrogens (tertiary/aromatic N) is 4. The van der Waals surface area contributed by atoms with Crippen LogP contribution in [0.2, 0.25) is 0 Å². The molecule has 0 aliphatic heterocycles. The quantitative estimate of drug-likeness (QED) is 0.385. The van der Waals surface area contributed by atoms with Crippen LogP contribution in [0, 0.1) is 5.92 Å². The van der Waals surface area contributed by atoms with Gasteiger partial charge in [0, 0.05) is 37.7 Å². The Bertz CT molecular complexity index is 1180. The lowest BCUT2D eigenvalue weighted by molar-refractivity contribution is 0.0939. The standard InChI is InChI=1S/C24H25N5O3/c30-24(26-9-3-10-31-16-17-6-7-17)20-12-22(18-4-1-8-25-13-18)28-23-21(20)14-27-29(23)15-19-5-2-11-32-19/h1-2,4-5,8,11-14,17H,3,6-7,9-10,15-16H2,(H,26,30). The predicted molar refractivity (Wildman–Crippen MR) is 119 cm³/mol. The maximum absolute atomic E-state index is 13.1. The SMILES string of the molecule is O=C(NCCCOCC1CC1)c1cc(-c2cccnc2)nc2c1cnn2Cc1ccco1. The van der Waals surface area contributed by atoms with Crippen LogP contribution in [0.15, 0.2) is 59.6 Å². The van der Waals surface area contributed by atoms with Crippen molar-refractivity contribution in [2.24, 2.45) is 5.92 Å². The molecule has 1 amide bonds. The number of aromatic nitrogens is 4. The van der Waals surface area contributed by atoms with Crippen LogP contribution in [0.1, 0.15) is 35.4 Å². The Morgan fingerprint density at radius 1 is 1.25 bits per heavy atom. The summed E-state index contributed by atoms with van der Waals surface area (Å²) < 4.78 is 12.9. The lowest BCUT2D eigenvalue weighted by atomic mass is 10.1. The van der Waals surface area contributed by atoms with Crippen molar-refractivity contribution in [3.8, 4) is 11.3 Å². The van der Waals surface area contributed by atoms with E-state index in [0.717, 1.165) is 30.3 Å². The number of ether oxygens (including phenoxy) is 1. The van der Waals surface area contributed by atoms with E-state index in [2.05, 4.69) is 15.4 Å². The number of amides is 1. The van der Waals surface area contributed by atoms with Gasteiger partial charge in [0.1, 0.15) is 12.3 Å². The Kier molecular flexibility index (Phi) is 5.93. The summed E-state index contributed by atoms with van der Waals surface area (Å²) in [5.74, 6) is 1.36. The molecule has 4 heterocycles. The molecule has 8 heteroatoms. The Hall–Kier alpha value is -3.52. The van der Waals surface area contributed by atoms with E-state index in [9.17, 15) is 4.79 Å². The molecule has 4 aromatic heterocycles. The summed E-state index contributed by atoms with van der Waals surface area (Å²) in [6.45, 7) is 2.47. The van der Waals surface area contributed by atoms with E-state index >= 15 is 0 Å². The van der Waals surface area contributed by atoms with Gasteiger partial charge in [-0.25, -0.2) is 9.67 Å². The molecule has 0 aromatic carbocycles. The highest BCUT2D eigenvalue weighted by molar-refractivity contribution is 6.06. The summed E-state index contributed by atoms with van der Waals surface area (Å²) in [7, 11) is 0. The van der Waals surface area contributed by atoms with Crippen molar-refractivity contribution in [2.45, 2.75) is 25.8 Å². The number of hydrogen-bond donors (Lipinski definition) is 1. The molecule has 1 fully saturated rings. The van der Waals surface area contributed by atoms with E-state index in [-0.39, 0.29) is 5.91 Å². The highest BCUT2D eigenvalue weighted by atomic mass is 16.5. The third-order valence-electron chi connectivity index (χ3n) is 5.50. The Balaban J connectivity index is 1.38. The first kappa shape index (κ1) is 20.4. The molecule has 0 unspecified atom stereocenters. The number of carbonyl (C=O) groups excluding carboxylic acids is 1. The van der Waals surface area contributed by atoms with Crippen molar-refractivity contribution in [2.75, 3.05) is 19.8 Å². The number of fused-ring (bicyclic) bond motifs is 1. The third kappa shape index (κ3) is 4.70. The highest BCUT2D eigenvalue weighted by Crippen LogP contribution is 2.28. The van der Waals surface area contributed by atoms with Crippen LogP contribution in [-0.2, 0) is 11.3 Å². The molecule has 1 N–H and O–H groups in total. The van der Waals surface area contributed by atoms with Crippen molar-refractivity contribution < 1.29 is 13.9 Å². The summed E-state index contributed by atoms with van der Waals surface area (Å²) in [6.07, 6.45) is 10.1. The number of pyridine rings is 2. The second kappa shape index (κ2) is 9.32. The first-order valence-corrected chi connectivity index (χ1v) is 10.9. The number of nitrogens with one attached hydrogen (secondary N) is 1. The van der Waals surface area contributed by atoms with E-state index in [4.69, 9.17) is 14.1 Å². The minimum atomic E-state index is -0.151. The van der Waals surface area contributed by atoms with Crippen LogP contribution in [0.5, 0.6) is 0 Å². The first-order chi connectivity index (χ1) is 15.8. The van der Waals surface area contributed by atoms with Crippen molar-refractivity contribution >= 4 is 16.9 Å². The van der Waals surface area contributed by atoms with Gasteiger partial charge in [0.15, 0.2) is 5.65 Å². The molecular weight excluding hydrogens is 406 g/mol. The topological polar surface area (TPSA) is 95.1 Å². The summed E-state index contributed by atoms with van der Waals surface area (Å²) in [4.78, 5) is 22.0. The van der Waals surface area contributed by atoms with Gasteiger partial charge in [-0.3, -0.25) is 9.78 Å². The fraction of sp³-hybridized carbons (Fsp3) is 0.333. The number of rotatable bonds is 10. The van der Waals surface area contributed by atoms with Gasteiger partial charge in [0.05, 0.1) is 29.1 Å². The largest absolute Gasteiger partial charge is 0.467 e. The zero-order valence-electron chi connectivity index (χ0n) is 17.7. The molecule has 4 aromatic rings. The number of furan rings is 1. The normalized spacial score (nSPS) is 13.5. The average molecular weight is 431 g/mol. The molecular formula is C24H25N5O3. The predicted octanol–water partition coefficient (Wildman–Crippen LogP) is 3.68. The molecule has 8 nitrogen and oxygen atoms in total. The van der Waals surface area contributed by atoms with E-state index in [1.165, 1.54) is 12.8 Å². The second-order valence-electron chi connectivity index (χ2n) is 8.04. The van der Waals surface area contributed by atoms with Crippen molar-refractivity contribution in [1.82, 2.24) is 25.1 Å². The first-order valence-electron chi connectivity index (χ1n) is 10.9. The fourth-order valence-corrected chi connectivity index (χ4v) is 3.57. The molecule has 164 valence electrons. The molecule has 5 rings (SSSR count). The Morgan fingerprint density at radius 3 is 2.97 bits per heavy atom. The summed E-state index contributed by atoms with van der Waals surface area (Å²) in [5.41, 5.74) is 2.67. The number of carbonyl (C=O) groups is 1. The van der Waals surface area contributed by atoms with Crippen molar-refractivity contribution in [3.63, 3.8) is 0 Å². The lowest BCUT2D eigenvalue weighted by Crippen LogP contribution is -2.25. The van der Waals surface area contributed by atoms with Crippen LogP contribution in [0.25, 0.3) is 22.3 Å². The zero-order valence-corrected chi connectivity index (χ0v) is 17.7. The Labute approximate surface area is 185 Å². The van der Waals surface area contributed by atoms with E-state index < -0.39 is 0 Å². The zero-order chi connectivity index (χ0) is 21.8. The van der Waals surface area contributed by atoms with Gasteiger partial charge in [-0.05, 0) is 55.5 Å². The molecule has 0 atom stereocenters. The van der Waals surface area contributed by atoms with Crippen LogP contribution in [0.3, 0.4) is 0 Å². The van der Waals surface area contributed by atoms with Gasteiger partial charge in [-0.2, -0.15) is 5.10 Å². The molecule has 0 saturated heterocycles. The van der Waals surface area contributed by atoms with Crippen molar-refractivity contribution in [3.05, 3.63) is 66.5 Å². The Morgan fingerprint density at radius 2 is 2.19 bits per heavy atom. The second-order valence-corrected chi connectivity index (χ2v) is 8.04. The smallest absolute Gasteiger partial charge is 0.252 e. The van der Waals surface area contributed by atoms with Crippen LogP contribution in [-0.4, -0.2) is 45.4 Å². The molecule has 1 saturated carbocycles. The maximum Gasteiger partial charge on any atom is 0.252 e. The minimum Gasteiger partial charge on any atom is -0.467 e. The lowest BCUT2D eigenvalue weighted by Gasteiger charge is -2.10. The van der Waals surface area contributed by atoms with Crippen LogP contribution < -0.4 is 5.32 Å². The minimum absolute atomic E-state index is 0.151. The van der Waals surface area contributed by atoms with Crippen molar-refractivity contribution in [1.29, 1.82) is 0 Å². The monoisotopic (exact) mass is 431 g/mol. The molecule has 0 radical (unpaired) electrons. The van der Waals surface area contributed by atoms with Gasteiger partial charge < -0.3 is 14.5 Å². The molecule has 1 aliphatic carbocycles. The molecule has 0 bridgehead atoms. The van der Waals surface area contributed by atoms with Gasteiger partial charge in [0.25, 0.3) is 5.91 Å². The number of hydrogen-bond acceptors (Lipinski definition) is 6. The van der Waals surface area contributed by atoms with Gasteiger partial charge in [-0.1, -0.05) is 0 Å². The van der Waals surface area contributed by atoms with Gasteiger partial charge in [0.2, 0.25) is 0 Å². The fourth-order valence-electron chi connectivity index (χ4n) is 3.57. The summed E-state index contributed by atoms with van der Waals surface area (Å²) in [6, 6.07) is 9.30. The summed E-state index contributed by atoms with van der Waals surface area (Å²) >= 11 is 0. The van der Waals surface area contributed by atoms with Gasteiger partial charge in [-0.15, -0.1) is 0 Å². The molecule has 32 heavy (non-hydrogen) atoms.